The summed E-state index contributed by atoms with van der Waals surface area (Å²) >= 11 is 0. The van der Waals surface area contributed by atoms with E-state index in [9.17, 15) is 9.59 Å². The van der Waals surface area contributed by atoms with E-state index in [2.05, 4.69) is 4.98 Å². The first-order valence-electron chi connectivity index (χ1n) is 9.12. The number of pyridine rings is 1. The van der Waals surface area contributed by atoms with Gasteiger partial charge in [-0.15, -0.1) is 0 Å². The van der Waals surface area contributed by atoms with Gasteiger partial charge >= 0.3 is 0 Å². The van der Waals surface area contributed by atoms with Crippen LogP contribution in [0.1, 0.15) is 37.3 Å². The van der Waals surface area contributed by atoms with E-state index in [-0.39, 0.29) is 35.6 Å². The highest BCUT2D eigenvalue weighted by Gasteiger charge is 2.47. The summed E-state index contributed by atoms with van der Waals surface area (Å²) in [4.78, 5) is 33.5. The molecule has 2 aliphatic heterocycles. The van der Waals surface area contributed by atoms with Crippen molar-refractivity contribution in [3.8, 4) is 0 Å². The SMILES string of the molecule is CN1C(=O)C[C@H](C(=O)N2CCOCC3(CCC3)C2)[C@@H]1c1cccnc1. The average molecular weight is 343 g/mol. The van der Waals surface area contributed by atoms with Crippen molar-refractivity contribution in [2.45, 2.75) is 31.7 Å². The molecule has 1 spiro atoms. The van der Waals surface area contributed by atoms with Gasteiger partial charge in [0.2, 0.25) is 11.8 Å². The van der Waals surface area contributed by atoms with Crippen LogP contribution in [0.2, 0.25) is 0 Å². The Morgan fingerprint density at radius 1 is 1.40 bits per heavy atom. The molecule has 1 aromatic rings. The van der Waals surface area contributed by atoms with Crippen molar-refractivity contribution < 1.29 is 14.3 Å². The van der Waals surface area contributed by atoms with Gasteiger partial charge in [0.1, 0.15) is 0 Å². The first-order chi connectivity index (χ1) is 12.1. The van der Waals surface area contributed by atoms with E-state index in [4.69, 9.17) is 4.74 Å². The molecule has 0 radical (unpaired) electrons. The predicted molar refractivity (Wildman–Crippen MR) is 91.5 cm³/mol. The lowest BCUT2D eigenvalue weighted by atomic mass is 9.69. The Labute approximate surface area is 148 Å². The van der Waals surface area contributed by atoms with E-state index in [1.165, 1.54) is 6.42 Å². The van der Waals surface area contributed by atoms with Crippen LogP contribution >= 0.6 is 0 Å². The van der Waals surface area contributed by atoms with Crippen molar-refractivity contribution in [2.75, 3.05) is 33.4 Å². The monoisotopic (exact) mass is 343 g/mol. The van der Waals surface area contributed by atoms with Gasteiger partial charge in [-0.2, -0.15) is 0 Å². The Morgan fingerprint density at radius 2 is 2.24 bits per heavy atom. The second-order valence-corrected chi connectivity index (χ2v) is 7.71. The molecule has 1 aliphatic carbocycles. The van der Waals surface area contributed by atoms with Crippen LogP contribution in [0.4, 0.5) is 0 Å². The van der Waals surface area contributed by atoms with Crippen LogP contribution in [0, 0.1) is 11.3 Å². The maximum absolute atomic E-state index is 13.3. The van der Waals surface area contributed by atoms with Crippen molar-refractivity contribution in [1.29, 1.82) is 0 Å². The highest BCUT2D eigenvalue weighted by atomic mass is 16.5. The molecule has 3 aliphatic rings. The Balaban J connectivity index is 1.58. The first-order valence-corrected chi connectivity index (χ1v) is 9.12. The molecule has 6 nitrogen and oxygen atoms in total. The van der Waals surface area contributed by atoms with Gasteiger partial charge in [0.05, 0.1) is 25.2 Å². The normalized spacial score (nSPS) is 28.8. The van der Waals surface area contributed by atoms with Crippen molar-refractivity contribution in [3.63, 3.8) is 0 Å². The fraction of sp³-hybridized carbons (Fsp3) is 0.632. The number of ether oxygens (including phenoxy) is 1. The largest absolute Gasteiger partial charge is 0.379 e. The summed E-state index contributed by atoms with van der Waals surface area (Å²) < 4.78 is 5.77. The summed E-state index contributed by atoms with van der Waals surface area (Å²) in [5.41, 5.74) is 1.07. The third-order valence-electron chi connectivity index (χ3n) is 6.10. The van der Waals surface area contributed by atoms with Gasteiger partial charge in [-0.3, -0.25) is 14.6 Å². The summed E-state index contributed by atoms with van der Waals surface area (Å²) in [6.07, 6.45) is 7.23. The van der Waals surface area contributed by atoms with Crippen molar-refractivity contribution in [1.82, 2.24) is 14.8 Å². The molecular weight excluding hydrogens is 318 g/mol. The lowest BCUT2D eigenvalue weighted by Gasteiger charge is -2.43. The maximum atomic E-state index is 13.3. The zero-order valence-electron chi connectivity index (χ0n) is 14.7. The Bertz CT molecular complexity index is 659. The Hall–Kier alpha value is -1.95. The highest BCUT2D eigenvalue weighted by Crippen LogP contribution is 2.44. The van der Waals surface area contributed by atoms with Gasteiger partial charge in [-0.1, -0.05) is 12.5 Å². The second kappa shape index (κ2) is 6.41. The Morgan fingerprint density at radius 3 is 2.92 bits per heavy atom. The number of hydrogen-bond donors (Lipinski definition) is 0. The van der Waals surface area contributed by atoms with Crippen molar-refractivity contribution >= 4 is 11.8 Å². The number of carbonyl (C=O) groups excluding carboxylic acids is 2. The Kier molecular flexibility index (Phi) is 4.23. The summed E-state index contributed by atoms with van der Waals surface area (Å²) in [5.74, 6) is -0.225. The molecule has 2 amide bonds. The molecule has 2 atom stereocenters. The van der Waals surface area contributed by atoms with Gasteiger partial charge in [0.15, 0.2) is 0 Å². The number of hydrogen-bond acceptors (Lipinski definition) is 4. The fourth-order valence-electron chi connectivity index (χ4n) is 4.49. The highest BCUT2D eigenvalue weighted by molar-refractivity contribution is 5.90. The summed E-state index contributed by atoms with van der Waals surface area (Å²) in [6, 6.07) is 3.58. The quantitative estimate of drug-likeness (QED) is 0.819. The van der Waals surface area contributed by atoms with E-state index in [0.717, 1.165) is 31.6 Å². The van der Waals surface area contributed by atoms with E-state index < -0.39 is 0 Å². The summed E-state index contributed by atoms with van der Waals surface area (Å²) in [5, 5.41) is 0. The van der Waals surface area contributed by atoms with E-state index >= 15 is 0 Å². The molecule has 0 N–H and O–H groups in total. The topological polar surface area (TPSA) is 62.7 Å². The zero-order valence-corrected chi connectivity index (χ0v) is 14.7. The number of carbonyl (C=O) groups is 2. The van der Waals surface area contributed by atoms with Crippen LogP contribution in [0.3, 0.4) is 0 Å². The van der Waals surface area contributed by atoms with Crippen molar-refractivity contribution in [2.24, 2.45) is 11.3 Å². The van der Waals surface area contributed by atoms with Gasteiger partial charge in [-0.05, 0) is 24.5 Å². The number of likely N-dealkylation sites (tertiary alicyclic amines) is 1. The van der Waals surface area contributed by atoms with E-state index in [1.807, 2.05) is 17.0 Å². The van der Waals surface area contributed by atoms with Gasteiger partial charge < -0.3 is 14.5 Å². The number of rotatable bonds is 2. The van der Waals surface area contributed by atoms with E-state index in [1.54, 1.807) is 24.3 Å². The summed E-state index contributed by atoms with van der Waals surface area (Å²) in [7, 11) is 1.78. The fourth-order valence-corrected chi connectivity index (χ4v) is 4.49. The summed E-state index contributed by atoms with van der Waals surface area (Å²) in [6.45, 7) is 2.72. The average Bonchev–Trinajstić information content (AvgIpc) is 2.78. The maximum Gasteiger partial charge on any atom is 0.228 e. The molecule has 4 rings (SSSR count). The second-order valence-electron chi connectivity index (χ2n) is 7.71. The molecule has 0 unspecified atom stereocenters. The van der Waals surface area contributed by atoms with Crippen LogP contribution < -0.4 is 0 Å². The van der Waals surface area contributed by atoms with Gasteiger partial charge in [-0.25, -0.2) is 0 Å². The molecule has 25 heavy (non-hydrogen) atoms. The molecule has 6 heteroatoms. The number of amides is 2. The standard InChI is InChI=1S/C19H25N3O3/c1-21-16(23)10-15(17(21)14-4-2-7-20-11-14)18(24)22-8-9-25-13-19(12-22)5-3-6-19/h2,4,7,11,15,17H,3,5-6,8-10,12-13H2,1H3/t15-,17-/m0/s1. The molecule has 1 aromatic heterocycles. The smallest absolute Gasteiger partial charge is 0.228 e. The van der Waals surface area contributed by atoms with Gasteiger partial charge in [0, 0.05) is 44.4 Å². The van der Waals surface area contributed by atoms with Crippen LogP contribution in [0.25, 0.3) is 0 Å². The third-order valence-corrected chi connectivity index (χ3v) is 6.10. The van der Waals surface area contributed by atoms with Crippen molar-refractivity contribution in [3.05, 3.63) is 30.1 Å². The number of nitrogens with zero attached hydrogens (tertiary/aromatic N) is 3. The minimum Gasteiger partial charge on any atom is -0.379 e. The molecule has 0 bridgehead atoms. The molecule has 3 fully saturated rings. The van der Waals surface area contributed by atoms with Crippen LogP contribution in [0.15, 0.2) is 24.5 Å². The minimum absolute atomic E-state index is 0.0247. The molecular formula is C19H25N3O3. The predicted octanol–water partition coefficient (Wildman–Crippen LogP) is 1.63. The molecule has 134 valence electrons. The lowest BCUT2D eigenvalue weighted by molar-refractivity contribution is -0.138. The molecule has 3 heterocycles. The molecule has 1 saturated carbocycles. The van der Waals surface area contributed by atoms with Crippen LogP contribution in [-0.4, -0.2) is 59.9 Å². The lowest BCUT2D eigenvalue weighted by Crippen LogP contribution is -2.47. The number of aromatic nitrogens is 1. The van der Waals surface area contributed by atoms with Crippen LogP contribution in [0.5, 0.6) is 0 Å². The zero-order chi connectivity index (χ0) is 17.4. The van der Waals surface area contributed by atoms with Gasteiger partial charge in [0.25, 0.3) is 0 Å². The third kappa shape index (κ3) is 2.92. The molecule has 2 saturated heterocycles. The molecule has 0 aromatic carbocycles. The first kappa shape index (κ1) is 16.5. The van der Waals surface area contributed by atoms with E-state index in [0.29, 0.717) is 13.2 Å². The van der Waals surface area contributed by atoms with Crippen LogP contribution in [-0.2, 0) is 14.3 Å². The minimum atomic E-state index is -0.336.